The first-order valence-electron chi connectivity index (χ1n) is 4.49. The molecular weight excluding hydrogens is 164 g/mol. The van der Waals surface area contributed by atoms with Crippen LogP contribution in [0.5, 0.6) is 5.75 Å². The normalized spacial score (nSPS) is 12.5. The number of methoxy groups -OCH3 is 1. The Labute approximate surface area is 79.5 Å². The van der Waals surface area contributed by atoms with Crippen LogP contribution in [0.1, 0.15) is 13.3 Å². The highest BCUT2D eigenvalue weighted by atomic mass is 16.5. The number of benzene rings is 1. The van der Waals surface area contributed by atoms with Crippen molar-refractivity contribution in [1.29, 1.82) is 0 Å². The monoisotopic (exact) mass is 179 g/mol. The molecule has 0 aliphatic heterocycles. The minimum absolute atomic E-state index is 0.175. The highest BCUT2D eigenvalue weighted by molar-refractivity contribution is 5.19. The van der Waals surface area contributed by atoms with E-state index in [1.807, 2.05) is 24.3 Å². The van der Waals surface area contributed by atoms with Gasteiger partial charge in [0.25, 0.3) is 0 Å². The first-order chi connectivity index (χ1) is 6.36. The van der Waals surface area contributed by atoms with E-state index >= 15 is 0 Å². The third-order valence-corrected chi connectivity index (χ3v) is 1.89. The predicted octanol–water partition coefficient (Wildman–Crippen LogP) is 2.29. The van der Waals surface area contributed by atoms with Crippen LogP contribution in [0.15, 0.2) is 24.3 Å². The Morgan fingerprint density at radius 3 is 2.85 bits per heavy atom. The fourth-order valence-corrected chi connectivity index (χ4v) is 1.00. The Morgan fingerprint density at radius 1 is 1.46 bits per heavy atom. The van der Waals surface area contributed by atoms with E-state index in [9.17, 15) is 0 Å². The van der Waals surface area contributed by atoms with Crippen LogP contribution in [-0.2, 0) is 4.74 Å². The van der Waals surface area contributed by atoms with Crippen LogP contribution >= 0.6 is 0 Å². The Hall–Kier alpha value is -1.02. The zero-order valence-corrected chi connectivity index (χ0v) is 8.12. The summed E-state index contributed by atoms with van der Waals surface area (Å²) in [6, 6.07) is 10.6. The quantitative estimate of drug-likeness (QED) is 0.690. The van der Waals surface area contributed by atoms with Gasteiger partial charge in [0.1, 0.15) is 12.4 Å². The van der Waals surface area contributed by atoms with E-state index in [1.165, 1.54) is 0 Å². The third-order valence-electron chi connectivity index (χ3n) is 1.89. The third kappa shape index (κ3) is 3.47. The summed E-state index contributed by atoms with van der Waals surface area (Å²) in [6.45, 7) is 2.67. The molecule has 0 aliphatic carbocycles. The lowest BCUT2D eigenvalue weighted by molar-refractivity contribution is 0.0555. The van der Waals surface area contributed by atoms with E-state index in [0.717, 1.165) is 12.2 Å². The molecule has 0 aromatic heterocycles. The van der Waals surface area contributed by atoms with Crippen LogP contribution in [0.2, 0.25) is 0 Å². The minimum Gasteiger partial charge on any atom is -0.490 e. The fourth-order valence-electron chi connectivity index (χ4n) is 1.00. The molecule has 0 aliphatic rings. The Morgan fingerprint density at radius 2 is 2.31 bits per heavy atom. The summed E-state index contributed by atoms with van der Waals surface area (Å²) in [4.78, 5) is 0. The van der Waals surface area contributed by atoms with Crippen molar-refractivity contribution < 1.29 is 9.47 Å². The van der Waals surface area contributed by atoms with Gasteiger partial charge < -0.3 is 9.47 Å². The highest BCUT2D eigenvalue weighted by Crippen LogP contribution is 2.08. The molecule has 0 spiro atoms. The van der Waals surface area contributed by atoms with Crippen LogP contribution in [0.3, 0.4) is 0 Å². The first kappa shape index (κ1) is 10.1. The molecular formula is C11H15O2. The van der Waals surface area contributed by atoms with Gasteiger partial charge in [0.05, 0.1) is 6.10 Å². The van der Waals surface area contributed by atoms with Crippen molar-refractivity contribution in [2.75, 3.05) is 13.7 Å². The molecule has 1 aromatic carbocycles. The van der Waals surface area contributed by atoms with Crippen molar-refractivity contribution in [3.05, 3.63) is 30.3 Å². The molecule has 1 rings (SSSR count). The molecule has 1 unspecified atom stereocenters. The second-order valence-electron chi connectivity index (χ2n) is 2.80. The van der Waals surface area contributed by atoms with Gasteiger partial charge in [-0.2, -0.15) is 0 Å². The molecule has 0 fully saturated rings. The average Bonchev–Trinajstić information content (AvgIpc) is 2.21. The molecule has 0 heterocycles. The topological polar surface area (TPSA) is 18.5 Å². The molecule has 2 nitrogen and oxygen atoms in total. The summed E-state index contributed by atoms with van der Waals surface area (Å²) in [6.07, 6.45) is 1.14. The van der Waals surface area contributed by atoms with Crippen molar-refractivity contribution in [3.8, 4) is 5.75 Å². The zero-order chi connectivity index (χ0) is 9.52. The van der Waals surface area contributed by atoms with Crippen LogP contribution < -0.4 is 4.74 Å². The summed E-state index contributed by atoms with van der Waals surface area (Å²) in [5, 5.41) is 0. The van der Waals surface area contributed by atoms with Crippen molar-refractivity contribution >= 4 is 0 Å². The van der Waals surface area contributed by atoms with Gasteiger partial charge in [-0.25, -0.2) is 0 Å². The van der Waals surface area contributed by atoms with Crippen molar-refractivity contribution in [2.24, 2.45) is 0 Å². The lowest BCUT2D eigenvalue weighted by Crippen LogP contribution is -2.18. The minimum atomic E-state index is 0.175. The molecule has 13 heavy (non-hydrogen) atoms. The maximum atomic E-state index is 5.47. The van der Waals surface area contributed by atoms with Gasteiger partial charge >= 0.3 is 0 Å². The Bertz CT molecular complexity index is 217. The van der Waals surface area contributed by atoms with E-state index in [4.69, 9.17) is 9.47 Å². The van der Waals surface area contributed by atoms with E-state index in [-0.39, 0.29) is 6.10 Å². The molecule has 2 heteroatoms. The lowest BCUT2D eigenvalue weighted by atomic mass is 10.3. The van der Waals surface area contributed by atoms with Gasteiger partial charge in [0, 0.05) is 13.2 Å². The van der Waals surface area contributed by atoms with Gasteiger partial charge in [-0.15, -0.1) is 0 Å². The molecule has 1 atom stereocenters. The summed E-state index contributed by atoms with van der Waals surface area (Å²) in [5.41, 5.74) is 0. The van der Waals surface area contributed by atoms with Crippen LogP contribution in [0.25, 0.3) is 0 Å². The standard InChI is InChI=1S/C11H15O2/c1-3-10(12-2)9-13-11-7-5-4-6-8-11/h4-7,10H,3,9H2,1-2H3. The number of ether oxygens (including phenoxy) is 2. The maximum Gasteiger partial charge on any atom is 0.127 e. The van der Waals surface area contributed by atoms with E-state index in [0.29, 0.717) is 6.61 Å². The summed E-state index contributed by atoms with van der Waals surface area (Å²) >= 11 is 0. The molecule has 0 saturated carbocycles. The molecule has 0 N–H and O–H groups in total. The smallest absolute Gasteiger partial charge is 0.127 e. The number of rotatable bonds is 5. The van der Waals surface area contributed by atoms with E-state index < -0.39 is 0 Å². The van der Waals surface area contributed by atoms with Crippen LogP contribution in [0.4, 0.5) is 0 Å². The first-order valence-corrected chi connectivity index (χ1v) is 4.49. The average molecular weight is 179 g/mol. The van der Waals surface area contributed by atoms with Crippen molar-refractivity contribution in [1.82, 2.24) is 0 Å². The molecule has 0 bridgehead atoms. The lowest BCUT2D eigenvalue weighted by Gasteiger charge is -2.13. The van der Waals surface area contributed by atoms with Gasteiger partial charge in [0.2, 0.25) is 0 Å². The van der Waals surface area contributed by atoms with Crippen molar-refractivity contribution in [3.63, 3.8) is 0 Å². The molecule has 1 aromatic rings. The summed E-state index contributed by atoms with van der Waals surface area (Å²) < 4.78 is 10.7. The zero-order valence-electron chi connectivity index (χ0n) is 8.12. The van der Waals surface area contributed by atoms with Crippen LogP contribution in [-0.4, -0.2) is 19.8 Å². The van der Waals surface area contributed by atoms with Gasteiger partial charge in [-0.05, 0) is 12.5 Å². The molecule has 0 amide bonds. The maximum absolute atomic E-state index is 5.47. The SMILES string of the molecule is CCC(COc1[c]cccc1)OC. The Balaban J connectivity index is 2.34. The number of hydrogen-bond acceptors (Lipinski definition) is 2. The van der Waals surface area contributed by atoms with Gasteiger partial charge in [0.15, 0.2) is 0 Å². The highest BCUT2D eigenvalue weighted by Gasteiger charge is 2.04. The largest absolute Gasteiger partial charge is 0.490 e. The van der Waals surface area contributed by atoms with Gasteiger partial charge in [-0.3, -0.25) is 0 Å². The second-order valence-corrected chi connectivity index (χ2v) is 2.80. The summed E-state index contributed by atoms with van der Waals surface area (Å²) in [5.74, 6) is 0.776. The van der Waals surface area contributed by atoms with E-state index in [1.54, 1.807) is 7.11 Å². The van der Waals surface area contributed by atoms with Gasteiger partial charge in [-0.1, -0.05) is 25.1 Å². The molecule has 1 radical (unpaired) electrons. The predicted molar refractivity (Wildman–Crippen MR) is 51.9 cm³/mol. The molecule has 71 valence electrons. The molecule has 0 saturated heterocycles. The fraction of sp³-hybridized carbons (Fsp3) is 0.455. The number of hydrogen-bond donors (Lipinski definition) is 0. The second kappa shape index (κ2) is 5.60. The van der Waals surface area contributed by atoms with E-state index in [2.05, 4.69) is 13.0 Å². The Kier molecular flexibility index (Phi) is 4.33. The van der Waals surface area contributed by atoms with Crippen molar-refractivity contribution in [2.45, 2.75) is 19.4 Å². The summed E-state index contributed by atoms with van der Waals surface area (Å²) in [7, 11) is 1.70. The number of para-hydroxylation sites is 1. The van der Waals surface area contributed by atoms with Crippen LogP contribution in [0, 0.1) is 6.07 Å².